The van der Waals surface area contributed by atoms with E-state index in [1.54, 1.807) is 69.2 Å². The normalized spacial score (nSPS) is 10.1. The molecule has 0 aliphatic carbocycles. The molecule has 3 N–H and O–H groups in total. The molecule has 0 bridgehead atoms. The average Bonchev–Trinajstić information content (AvgIpc) is 3.09. The van der Waals surface area contributed by atoms with Gasteiger partial charge in [-0.1, -0.05) is 105 Å². The van der Waals surface area contributed by atoms with E-state index in [-0.39, 0.29) is 127 Å². The van der Waals surface area contributed by atoms with Crippen LogP contribution in [0.25, 0.3) is 0 Å². The molecule has 2 aromatic carbocycles. The number of benzene rings is 2. The summed E-state index contributed by atoms with van der Waals surface area (Å²) in [6.07, 6.45) is -0.212. The Bertz CT molecular complexity index is 1180. The summed E-state index contributed by atoms with van der Waals surface area (Å²) < 4.78 is 34.8. The van der Waals surface area contributed by atoms with E-state index >= 15 is 0 Å². The fourth-order valence-corrected chi connectivity index (χ4v) is 3.11. The van der Waals surface area contributed by atoms with E-state index in [0.717, 1.165) is 11.1 Å². The number of alkyl halides is 1. The Morgan fingerprint density at radius 3 is 1.13 bits per heavy atom. The summed E-state index contributed by atoms with van der Waals surface area (Å²) in [5.41, 5.74) is 1.01. The Labute approximate surface area is 412 Å². The first-order valence-corrected chi connectivity index (χ1v) is 20.2. The molecule has 0 spiro atoms. The van der Waals surface area contributed by atoms with Crippen molar-refractivity contribution in [1.82, 2.24) is 0 Å². The van der Waals surface area contributed by atoms with Gasteiger partial charge in [0.2, 0.25) is 0 Å². The first kappa shape index (κ1) is 70.3. The van der Waals surface area contributed by atoms with E-state index in [0.29, 0.717) is 33.0 Å². The van der Waals surface area contributed by atoms with Gasteiger partial charge in [0.25, 0.3) is 0 Å². The van der Waals surface area contributed by atoms with Gasteiger partial charge in [0.05, 0.1) is 76.8 Å². The van der Waals surface area contributed by atoms with E-state index < -0.39 is 17.2 Å². The molecule has 0 heterocycles. The van der Waals surface area contributed by atoms with Gasteiger partial charge in [-0.05, 0) is 73.4 Å². The van der Waals surface area contributed by atoms with E-state index in [2.05, 4.69) is 15.9 Å². The molecule has 0 amide bonds. The van der Waals surface area contributed by atoms with Crippen LogP contribution in [-0.4, -0.2) is 121 Å². The van der Waals surface area contributed by atoms with E-state index in [9.17, 15) is 19.5 Å². The monoisotopic (exact) mass is 948 g/mol. The van der Waals surface area contributed by atoms with Crippen LogP contribution in [-0.2, 0) is 60.8 Å². The summed E-state index contributed by atoms with van der Waals surface area (Å²) in [4.78, 5) is 32.2. The number of halogens is 1. The summed E-state index contributed by atoms with van der Waals surface area (Å²) in [7, 11) is 0. The third-order valence-corrected chi connectivity index (χ3v) is 5.17. The quantitative estimate of drug-likeness (QED) is 0.0610. The fourth-order valence-electron chi connectivity index (χ4n) is 2.97. The van der Waals surface area contributed by atoms with Crippen LogP contribution in [0.3, 0.4) is 0 Å². The summed E-state index contributed by atoms with van der Waals surface area (Å²) in [5.74, 6) is -0.943. The van der Waals surface area contributed by atoms with Crippen molar-refractivity contribution in [3.05, 3.63) is 71.8 Å². The number of hydrogen-bond acceptors (Lipinski definition) is 14. The molecule has 0 fully saturated rings. The predicted molar refractivity (Wildman–Crippen MR) is 234 cm³/mol. The largest absolute Gasteiger partial charge is 1.00 e. The molecule has 0 aliphatic rings. The Balaban J connectivity index is -0.000000154. The van der Waals surface area contributed by atoms with Crippen molar-refractivity contribution in [2.24, 2.45) is 0 Å². The molecule has 2 rings (SSSR count). The van der Waals surface area contributed by atoms with Crippen LogP contribution in [0.1, 0.15) is 102 Å². The molecule has 0 unspecified atom stereocenters. The summed E-state index contributed by atoms with van der Waals surface area (Å²) >= 11 is 2.97. The minimum absolute atomic E-state index is 0. The van der Waals surface area contributed by atoms with Gasteiger partial charge in [-0.2, -0.15) is 0 Å². The van der Waals surface area contributed by atoms with Crippen molar-refractivity contribution in [3.63, 3.8) is 0 Å². The van der Waals surface area contributed by atoms with Crippen LogP contribution >= 0.6 is 15.9 Å². The van der Waals surface area contributed by atoms with Crippen LogP contribution in [0.5, 0.6) is 0 Å². The molecule has 14 nitrogen and oxygen atoms in total. The molecule has 0 radical (unpaired) electrons. The molecule has 60 heavy (non-hydrogen) atoms. The van der Waals surface area contributed by atoms with Crippen molar-refractivity contribution in [1.29, 1.82) is 0 Å². The van der Waals surface area contributed by atoms with Gasteiger partial charge in [-0.25, -0.2) is 9.59 Å². The number of esters is 3. The SMILES string of the molecule is C.CC(C)(C)O.CC(C)(C)[O-].CC(C)OC(=O)CBr.CC(C)OC(=O)COCCO.CC(C)OC(=O)COCCOCc1ccccc1.OCCOCc1ccccc1.[K+]. The zero-order valence-corrected chi connectivity index (χ0v) is 42.7. The van der Waals surface area contributed by atoms with Crippen molar-refractivity contribution in [3.8, 4) is 0 Å². The Kier molecular flexibility index (Phi) is 55.2. The standard InChI is InChI=1S/C14H20O4.C9H12O2.C7H14O4.C5H9BrO2.C4H10O.C4H9O.CH4.K/c1-12(2)18-14(15)11-17-9-8-16-10-13-6-4-3-5-7-13;10-6-7-11-8-9-4-2-1-3-5-9;1-6(2)11-7(9)5-10-4-3-8;1-4(2)8-5(7)3-6;2*1-4(2,3)5;;/h3-7,12H,8-11H2,1-2H3;1-5,10H,6-8H2;6,8H,3-5H2,1-2H3;4H,3H2,1-2H3;5H,1-3H3;1-3H3;1H4;/q;;;;;-1;;+1. The number of hydrogen-bond donors (Lipinski definition) is 3. The van der Waals surface area contributed by atoms with Crippen molar-refractivity contribution >= 4 is 33.8 Å². The van der Waals surface area contributed by atoms with Gasteiger partial charge < -0.3 is 53.6 Å². The maximum Gasteiger partial charge on any atom is 1.00 e. The second-order valence-electron chi connectivity index (χ2n) is 14.7. The number of aliphatic hydroxyl groups is 3. The Morgan fingerprint density at radius 2 is 0.850 bits per heavy atom. The van der Waals surface area contributed by atoms with E-state index in [1.807, 2.05) is 74.5 Å². The molecular weight excluding hydrogens is 871 g/mol. The Hall–Kier alpha value is -1.35. The number of rotatable bonds is 19. The first-order valence-electron chi connectivity index (χ1n) is 19.1. The number of aliphatic hydroxyl groups excluding tert-OH is 2. The van der Waals surface area contributed by atoms with Crippen molar-refractivity contribution in [2.75, 3.05) is 58.2 Å². The maximum absolute atomic E-state index is 11.1. The van der Waals surface area contributed by atoms with Gasteiger partial charge in [0, 0.05) is 0 Å². The number of ether oxygens (including phenoxy) is 7. The van der Waals surface area contributed by atoms with Crippen molar-refractivity contribution in [2.45, 2.75) is 133 Å². The molecule has 0 aliphatic heterocycles. The second kappa shape index (κ2) is 47.1. The molecule has 0 saturated carbocycles. The second-order valence-corrected chi connectivity index (χ2v) is 15.2. The van der Waals surface area contributed by atoms with E-state index in [1.165, 1.54) is 0 Å². The van der Waals surface area contributed by atoms with Gasteiger partial charge in [-0.3, -0.25) is 4.79 Å². The third-order valence-electron chi connectivity index (χ3n) is 4.72. The smallest absolute Gasteiger partial charge is 0.850 e. The van der Waals surface area contributed by atoms with Crippen LogP contribution < -0.4 is 56.5 Å². The number of carbonyl (C=O) groups is 3. The minimum Gasteiger partial charge on any atom is -0.850 e. The zero-order valence-electron chi connectivity index (χ0n) is 38.0. The van der Waals surface area contributed by atoms with Crippen LogP contribution in [0.4, 0.5) is 0 Å². The van der Waals surface area contributed by atoms with Crippen LogP contribution in [0, 0.1) is 0 Å². The van der Waals surface area contributed by atoms with Crippen LogP contribution in [0.15, 0.2) is 60.7 Å². The fraction of sp³-hybridized carbons (Fsp3) is 0.659. The summed E-state index contributed by atoms with van der Waals surface area (Å²) in [6, 6.07) is 19.8. The zero-order chi connectivity index (χ0) is 45.4. The Morgan fingerprint density at radius 1 is 0.583 bits per heavy atom. The molecule has 2 aromatic rings. The first-order chi connectivity index (χ1) is 26.9. The average molecular weight is 950 g/mol. The molecule has 16 heteroatoms. The van der Waals surface area contributed by atoms with Gasteiger partial charge >= 0.3 is 69.3 Å². The summed E-state index contributed by atoms with van der Waals surface area (Å²) in [6.45, 7) is 23.4. The minimum atomic E-state index is -0.750. The molecule has 346 valence electrons. The summed E-state index contributed by atoms with van der Waals surface area (Å²) in [5, 5.41) is 35.6. The van der Waals surface area contributed by atoms with Gasteiger partial charge in [0.15, 0.2) is 0 Å². The van der Waals surface area contributed by atoms with Gasteiger partial charge in [0.1, 0.15) is 18.5 Å². The van der Waals surface area contributed by atoms with Crippen molar-refractivity contribution < 1.29 is 119 Å². The molecule has 0 atom stereocenters. The maximum atomic E-state index is 11.1. The molecule has 0 saturated heterocycles. The molecule has 0 aromatic heterocycles. The van der Waals surface area contributed by atoms with Gasteiger partial charge in [-0.15, -0.1) is 5.60 Å². The molecular formula is C44H78BrKO14. The predicted octanol–water partition coefficient (Wildman–Crippen LogP) is 3.21. The van der Waals surface area contributed by atoms with Crippen LogP contribution in [0.2, 0.25) is 0 Å². The number of carbonyl (C=O) groups excluding carboxylic acids is 3. The topological polar surface area (TPSA) is 200 Å². The third kappa shape index (κ3) is 77.3. The van der Waals surface area contributed by atoms with E-state index in [4.69, 9.17) is 48.5 Å².